The third-order valence-corrected chi connectivity index (χ3v) is 3.12. The van der Waals surface area contributed by atoms with E-state index in [9.17, 15) is 14.0 Å². The maximum absolute atomic E-state index is 12.8. The van der Waals surface area contributed by atoms with E-state index in [1.54, 1.807) is 6.07 Å². The molecule has 0 N–H and O–H groups in total. The highest BCUT2D eigenvalue weighted by molar-refractivity contribution is 9.10. The van der Waals surface area contributed by atoms with Gasteiger partial charge in [-0.3, -0.25) is 0 Å². The van der Waals surface area contributed by atoms with E-state index in [1.165, 1.54) is 31.4 Å². The lowest BCUT2D eigenvalue weighted by molar-refractivity contribution is 0.0593. The third-order valence-electron chi connectivity index (χ3n) is 2.63. The Labute approximate surface area is 128 Å². The van der Waals surface area contributed by atoms with Crippen molar-refractivity contribution in [1.29, 1.82) is 0 Å². The van der Waals surface area contributed by atoms with Crippen molar-refractivity contribution in [2.75, 3.05) is 7.11 Å². The number of esters is 2. The summed E-state index contributed by atoms with van der Waals surface area (Å²) in [6.07, 6.45) is 0. The normalized spacial score (nSPS) is 10.0. The van der Waals surface area contributed by atoms with Gasteiger partial charge in [-0.25, -0.2) is 14.0 Å². The Hall–Kier alpha value is -2.21. The maximum Gasteiger partial charge on any atom is 0.343 e. The zero-order chi connectivity index (χ0) is 15.4. The second kappa shape index (κ2) is 6.49. The second-order valence-corrected chi connectivity index (χ2v) is 4.94. The number of methoxy groups -OCH3 is 1. The van der Waals surface area contributed by atoms with E-state index in [1.807, 2.05) is 0 Å². The molecule has 6 heteroatoms. The fourth-order valence-corrected chi connectivity index (χ4v) is 1.97. The van der Waals surface area contributed by atoms with Crippen molar-refractivity contribution in [3.63, 3.8) is 0 Å². The molecule has 108 valence electrons. The van der Waals surface area contributed by atoms with Gasteiger partial charge in [-0.1, -0.05) is 15.9 Å². The van der Waals surface area contributed by atoms with Crippen molar-refractivity contribution in [2.24, 2.45) is 0 Å². The van der Waals surface area contributed by atoms with Crippen molar-refractivity contribution in [3.8, 4) is 5.75 Å². The van der Waals surface area contributed by atoms with E-state index in [4.69, 9.17) is 4.74 Å². The van der Waals surface area contributed by atoms with Crippen LogP contribution in [-0.4, -0.2) is 19.0 Å². The number of hydrogen-bond acceptors (Lipinski definition) is 4. The largest absolute Gasteiger partial charge is 0.465 e. The Bertz CT molecular complexity index is 683. The average Bonchev–Trinajstić information content (AvgIpc) is 2.48. The van der Waals surface area contributed by atoms with E-state index in [0.29, 0.717) is 4.47 Å². The van der Waals surface area contributed by atoms with Crippen molar-refractivity contribution in [3.05, 3.63) is 63.9 Å². The van der Waals surface area contributed by atoms with Gasteiger partial charge < -0.3 is 9.47 Å². The van der Waals surface area contributed by atoms with E-state index in [-0.39, 0.29) is 16.9 Å². The van der Waals surface area contributed by atoms with E-state index >= 15 is 0 Å². The molecule has 0 aliphatic carbocycles. The van der Waals surface area contributed by atoms with Crippen LogP contribution in [0.25, 0.3) is 0 Å². The van der Waals surface area contributed by atoms with Crippen LogP contribution < -0.4 is 4.74 Å². The van der Waals surface area contributed by atoms with E-state index in [2.05, 4.69) is 20.7 Å². The monoisotopic (exact) mass is 352 g/mol. The van der Waals surface area contributed by atoms with Crippen molar-refractivity contribution >= 4 is 27.9 Å². The Kier molecular flexibility index (Phi) is 4.70. The summed E-state index contributed by atoms with van der Waals surface area (Å²) in [5.41, 5.74) is 0.289. The molecule has 0 saturated heterocycles. The molecule has 0 heterocycles. The number of rotatable bonds is 3. The fraction of sp³-hybridized carbons (Fsp3) is 0.0667. The van der Waals surface area contributed by atoms with Gasteiger partial charge >= 0.3 is 11.9 Å². The SMILES string of the molecule is COC(=O)c1cc(Br)ccc1OC(=O)c1ccc(F)cc1. The van der Waals surface area contributed by atoms with Gasteiger partial charge in [0.25, 0.3) is 0 Å². The lowest BCUT2D eigenvalue weighted by Gasteiger charge is -2.09. The first-order valence-corrected chi connectivity index (χ1v) is 6.66. The molecular weight excluding hydrogens is 343 g/mol. The van der Waals surface area contributed by atoms with E-state index < -0.39 is 17.8 Å². The smallest absolute Gasteiger partial charge is 0.343 e. The third kappa shape index (κ3) is 3.66. The van der Waals surface area contributed by atoms with Gasteiger partial charge in [-0.2, -0.15) is 0 Å². The Morgan fingerprint density at radius 2 is 1.71 bits per heavy atom. The van der Waals surface area contributed by atoms with Gasteiger partial charge in [-0.15, -0.1) is 0 Å². The minimum absolute atomic E-state index is 0.0689. The molecule has 0 amide bonds. The number of carbonyl (C=O) groups is 2. The maximum atomic E-state index is 12.8. The zero-order valence-corrected chi connectivity index (χ0v) is 12.5. The lowest BCUT2D eigenvalue weighted by Crippen LogP contribution is -2.12. The molecule has 2 aromatic rings. The summed E-state index contributed by atoms with van der Waals surface area (Å²) in [7, 11) is 1.23. The summed E-state index contributed by atoms with van der Waals surface area (Å²) in [5.74, 6) is -1.70. The molecule has 4 nitrogen and oxygen atoms in total. The Morgan fingerprint density at radius 1 is 1.05 bits per heavy atom. The molecule has 0 fully saturated rings. The van der Waals surface area contributed by atoms with Gasteiger partial charge in [0.1, 0.15) is 17.1 Å². The number of ether oxygens (including phenoxy) is 2. The molecule has 0 spiro atoms. The summed E-state index contributed by atoms with van der Waals surface area (Å²) in [5, 5.41) is 0. The Balaban J connectivity index is 2.28. The highest BCUT2D eigenvalue weighted by atomic mass is 79.9. The standard InChI is InChI=1S/C15H10BrFO4/c1-20-15(19)12-8-10(16)4-7-13(12)21-14(18)9-2-5-11(17)6-3-9/h2-8H,1H3. The molecular formula is C15H10BrFO4. The molecule has 0 bridgehead atoms. The van der Waals surface area contributed by atoms with Crippen molar-refractivity contribution in [1.82, 2.24) is 0 Å². The van der Waals surface area contributed by atoms with Gasteiger partial charge in [0, 0.05) is 4.47 Å². The average molecular weight is 353 g/mol. The van der Waals surface area contributed by atoms with Crippen LogP contribution in [-0.2, 0) is 4.74 Å². The molecule has 0 unspecified atom stereocenters. The molecule has 0 aliphatic heterocycles. The van der Waals surface area contributed by atoms with Crippen molar-refractivity contribution < 1.29 is 23.5 Å². The highest BCUT2D eigenvalue weighted by Crippen LogP contribution is 2.25. The Morgan fingerprint density at radius 3 is 2.33 bits per heavy atom. The number of carbonyl (C=O) groups excluding carboxylic acids is 2. The fourth-order valence-electron chi connectivity index (χ4n) is 1.61. The molecule has 2 aromatic carbocycles. The van der Waals surface area contributed by atoms with Crippen LogP contribution in [0.1, 0.15) is 20.7 Å². The summed E-state index contributed by atoms with van der Waals surface area (Å²) in [6.45, 7) is 0. The van der Waals surface area contributed by atoms with Crippen LogP contribution >= 0.6 is 15.9 Å². The number of benzene rings is 2. The molecule has 0 radical (unpaired) electrons. The van der Waals surface area contributed by atoms with Gasteiger partial charge in [-0.05, 0) is 42.5 Å². The molecule has 21 heavy (non-hydrogen) atoms. The highest BCUT2D eigenvalue weighted by Gasteiger charge is 2.17. The van der Waals surface area contributed by atoms with Crippen molar-refractivity contribution in [2.45, 2.75) is 0 Å². The zero-order valence-electron chi connectivity index (χ0n) is 10.9. The predicted octanol–water partition coefficient (Wildman–Crippen LogP) is 3.59. The van der Waals surface area contributed by atoms with Gasteiger partial charge in [0.05, 0.1) is 12.7 Å². The first-order valence-electron chi connectivity index (χ1n) is 5.87. The van der Waals surface area contributed by atoms with Crippen LogP contribution in [0.15, 0.2) is 46.9 Å². The second-order valence-electron chi connectivity index (χ2n) is 4.03. The molecule has 0 aliphatic rings. The van der Waals surface area contributed by atoms with Gasteiger partial charge in [0.2, 0.25) is 0 Å². The lowest BCUT2D eigenvalue weighted by atomic mass is 10.2. The van der Waals surface area contributed by atoms with Crippen LogP contribution in [0.2, 0.25) is 0 Å². The minimum Gasteiger partial charge on any atom is -0.465 e. The van der Waals surface area contributed by atoms with Crippen LogP contribution in [0, 0.1) is 5.82 Å². The molecule has 0 saturated carbocycles. The summed E-state index contributed by atoms with van der Waals surface area (Å²) in [6, 6.07) is 9.48. The molecule has 2 rings (SSSR count). The minimum atomic E-state index is -0.692. The summed E-state index contributed by atoms with van der Waals surface area (Å²) >= 11 is 3.22. The van der Waals surface area contributed by atoms with Crippen LogP contribution in [0.5, 0.6) is 5.75 Å². The predicted molar refractivity (Wildman–Crippen MR) is 76.8 cm³/mol. The summed E-state index contributed by atoms with van der Waals surface area (Å²) in [4.78, 5) is 23.6. The topological polar surface area (TPSA) is 52.6 Å². The van der Waals surface area contributed by atoms with Crippen LogP contribution in [0.4, 0.5) is 4.39 Å². The van der Waals surface area contributed by atoms with E-state index in [0.717, 1.165) is 12.1 Å². The molecule has 0 aromatic heterocycles. The van der Waals surface area contributed by atoms with Crippen LogP contribution in [0.3, 0.4) is 0 Å². The first kappa shape index (κ1) is 15.2. The molecule has 0 atom stereocenters. The van der Waals surface area contributed by atoms with Gasteiger partial charge in [0.15, 0.2) is 0 Å². The first-order chi connectivity index (χ1) is 10.0. The summed E-state index contributed by atoms with van der Waals surface area (Å²) < 4.78 is 23.3. The number of hydrogen-bond donors (Lipinski definition) is 0. The quantitative estimate of drug-likeness (QED) is 0.625. The number of halogens is 2.